The first-order chi connectivity index (χ1) is 10.5. The molecule has 1 aliphatic rings. The molecule has 0 aliphatic carbocycles. The van der Waals surface area contributed by atoms with Gasteiger partial charge in [-0.2, -0.15) is 0 Å². The summed E-state index contributed by atoms with van der Waals surface area (Å²) in [4.78, 5) is 12.0. The largest absolute Gasteiger partial charge is 0.390 e. The number of aryl methyl sites for hydroxylation is 1. The second-order valence-corrected chi connectivity index (χ2v) is 5.61. The van der Waals surface area contributed by atoms with Crippen LogP contribution in [-0.2, 0) is 20.7 Å². The number of carbonyl (C=O) groups is 1. The average molecular weight is 311 g/mol. The Labute approximate surface area is 129 Å². The number of amides is 1. The van der Waals surface area contributed by atoms with Crippen molar-refractivity contribution in [2.24, 2.45) is 5.92 Å². The highest BCUT2D eigenvalue weighted by Gasteiger charge is 2.32. The zero-order chi connectivity index (χ0) is 16.1. The highest BCUT2D eigenvalue weighted by Crippen LogP contribution is 2.17. The van der Waals surface area contributed by atoms with Crippen LogP contribution in [-0.4, -0.2) is 50.1 Å². The number of hydrogen-bond acceptors (Lipinski definition) is 4. The number of nitrogens with one attached hydrogen (secondary N) is 1. The van der Waals surface area contributed by atoms with Gasteiger partial charge in [-0.15, -0.1) is 0 Å². The Morgan fingerprint density at radius 2 is 2.27 bits per heavy atom. The number of hydrogen-bond donors (Lipinski definition) is 2. The predicted molar refractivity (Wildman–Crippen MR) is 79.0 cm³/mol. The van der Waals surface area contributed by atoms with Crippen molar-refractivity contribution in [1.82, 2.24) is 5.32 Å². The van der Waals surface area contributed by atoms with Gasteiger partial charge in [0.05, 0.1) is 25.7 Å². The third kappa shape index (κ3) is 4.25. The molecule has 1 fully saturated rings. The molecule has 5 nitrogen and oxygen atoms in total. The number of benzene rings is 1. The van der Waals surface area contributed by atoms with Crippen LogP contribution in [0.25, 0.3) is 0 Å². The summed E-state index contributed by atoms with van der Waals surface area (Å²) in [6.07, 6.45) is -0.842. The molecule has 0 saturated carbocycles. The molecule has 3 atom stereocenters. The lowest BCUT2D eigenvalue weighted by Crippen LogP contribution is -2.49. The summed E-state index contributed by atoms with van der Waals surface area (Å²) in [5, 5.41) is 12.9. The van der Waals surface area contributed by atoms with E-state index < -0.39 is 6.10 Å². The van der Waals surface area contributed by atoms with Crippen LogP contribution >= 0.6 is 0 Å². The third-order valence-electron chi connectivity index (χ3n) is 4.00. The van der Waals surface area contributed by atoms with Crippen molar-refractivity contribution >= 4 is 5.91 Å². The molecule has 122 valence electrons. The van der Waals surface area contributed by atoms with Crippen LogP contribution in [0, 0.1) is 18.7 Å². The Balaban J connectivity index is 1.84. The maximum Gasteiger partial charge on any atom is 0.224 e. The summed E-state index contributed by atoms with van der Waals surface area (Å²) in [6.45, 7) is 2.83. The molecule has 1 aromatic carbocycles. The van der Waals surface area contributed by atoms with Gasteiger partial charge in [-0.05, 0) is 30.2 Å². The third-order valence-corrected chi connectivity index (χ3v) is 4.00. The second kappa shape index (κ2) is 7.67. The number of halogens is 1. The predicted octanol–water partition coefficient (Wildman–Crippen LogP) is 0.815. The molecule has 22 heavy (non-hydrogen) atoms. The highest BCUT2D eigenvalue weighted by atomic mass is 19.1. The lowest BCUT2D eigenvalue weighted by molar-refractivity contribution is -0.136. The van der Waals surface area contributed by atoms with Gasteiger partial charge in [0, 0.05) is 19.6 Å². The number of carbonyl (C=O) groups excluding carboxylic acids is 1. The molecule has 1 saturated heterocycles. The molecular weight excluding hydrogens is 289 g/mol. The van der Waals surface area contributed by atoms with Crippen molar-refractivity contribution < 1.29 is 23.8 Å². The fourth-order valence-corrected chi connectivity index (χ4v) is 2.56. The zero-order valence-corrected chi connectivity index (χ0v) is 12.8. The van der Waals surface area contributed by atoms with E-state index in [0.717, 1.165) is 11.1 Å². The lowest BCUT2D eigenvalue weighted by atomic mass is 9.96. The van der Waals surface area contributed by atoms with E-state index in [9.17, 15) is 14.3 Å². The first-order valence-corrected chi connectivity index (χ1v) is 7.31. The van der Waals surface area contributed by atoms with E-state index in [4.69, 9.17) is 9.47 Å². The molecule has 0 unspecified atom stereocenters. The Morgan fingerprint density at radius 1 is 1.50 bits per heavy atom. The Hall–Kier alpha value is -1.50. The lowest BCUT2D eigenvalue weighted by Gasteiger charge is -2.33. The Kier molecular flexibility index (Phi) is 5.88. The molecule has 1 aliphatic heterocycles. The SMILES string of the molecule is CO[C@@H]1COC[C@@H](CNC(=O)Cc2ccc(F)cc2C)[C@@H]1O. The van der Waals surface area contributed by atoms with Crippen molar-refractivity contribution in [2.75, 3.05) is 26.9 Å². The summed E-state index contributed by atoms with van der Waals surface area (Å²) >= 11 is 0. The van der Waals surface area contributed by atoms with Crippen molar-refractivity contribution in [3.8, 4) is 0 Å². The minimum absolute atomic E-state index is 0.165. The summed E-state index contributed by atoms with van der Waals surface area (Å²) in [5.41, 5.74) is 1.53. The van der Waals surface area contributed by atoms with E-state index in [1.165, 1.54) is 19.2 Å². The standard InChI is InChI=1S/C16H22FNO4/c1-10-5-13(17)4-3-11(10)6-15(19)18-7-12-8-22-9-14(21-2)16(12)20/h3-5,12,14,16,20H,6-9H2,1-2H3,(H,18,19)/t12-,14-,16+/m1/s1. The molecule has 0 aromatic heterocycles. The average Bonchev–Trinajstić information content (AvgIpc) is 2.49. The Morgan fingerprint density at radius 3 is 2.95 bits per heavy atom. The second-order valence-electron chi connectivity index (χ2n) is 5.61. The van der Waals surface area contributed by atoms with Gasteiger partial charge in [0.2, 0.25) is 5.91 Å². The van der Waals surface area contributed by atoms with Gasteiger partial charge in [0.15, 0.2) is 0 Å². The molecule has 1 heterocycles. The van der Waals surface area contributed by atoms with Gasteiger partial charge < -0.3 is 19.9 Å². The first-order valence-electron chi connectivity index (χ1n) is 7.31. The van der Waals surface area contributed by atoms with Crippen LogP contribution in [0.5, 0.6) is 0 Å². The highest BCUT2D eigenvalue weighted by molar-refractivity contribution is 5.78. The number of aliphatic hydroxyl groups is 1. The molecule has 2 N–H and O–H groups in total. The molecule has 1 aromatic rings. The van der Waals surface area contributed by atoms with Gasteiger partial charge in [-0.3, -0.25) is 4.79 Å². The van der Waals surface area contributed by atoms with E-state index in [2.05, 4.69) is 5.32 Å². The summed E-state index contributed by atoms with van der Waals surface area (Å²) in [7, 11) is 1.52. The molecular formula is C16H22FNO4. The van der Waals surface area contributed by atoms with Crippen LogP contribution in [0.3, 0.4) is 0 Å². The van der Waals surface area contributed by atoms with Crippen LogP contribution in [0.1, 0.15) is 11.1 Å². The number of methoxy groups -OCH3 is 1. The van der Waals surface area contributed by atoms with E-state index in [0.29, 0.717) is 19.8 Å². The molecule has 0 spiro atoms. The maximum absolute atomic E-state index is 13.0. The number of rotatable bonds is 5. The van der Waals surface area contributed by atoms with Gasteiger partial charge in [-0.1, -0.05) is 6.07 Å². The number of aliphatic hydroxyl groups excluding tert-OH is 1. The molecule has 1 amide bonds. The monoisotopic (exact) mass is 311 g/mol. The van der Waals surface area contributed by atoms with Gasteiger partial charge in [-0.25, -0.2) is 4.39 Å². The van der Waals surface area contributed by atoms with Gasteiger partial charge >= 0.3 is 0 Å². The number of ether oxygens (including phenoxy) is 2. The van der Waals surface area contributed by atoms with Gasteiger partial charge in [0.1, 0.15) is 11.9 Å². The first kappa shape index (κ1) is 16.9. The van der Waals surface area contributed by atoms with Crippen LogP contribution in [0.4, 0.5) is 4.39 Å². The minimum atomic E-state index is -0.661. The fraction of sp³-hybridized carbons (Fsp3) is 0.562. The van der Waals surface area contributed by atoms with E-state index >= 15 is 0 Å². The van der Waals surface area contributed by atoms with Crippen molar-refractivity contribution in [3.63, 3.8) is 0 Å². The molecule has 0 bridgehead atoms. The Bertz CT molecular complexity index is 523. The van der Waals surface area contributed by atoms with Crippen LogP contribution in [0.15, 0.2) is 18.2 Å². The zero-order valence-electron chi connectivity index (χ0n) is 12.8. The smallest absolute Gasteiger partial charge is 0.224 e. The fourth-order valence-electron chi connectivity index (χ4n) is 2.56. The van der Waals surface area contributed by atoms with E-state index in [1.54, 1.807) is 13.0 Å². The van der Waals surface area contributed by atoms with Crippen LogP contribution in [0.2, 0.25) is 0 Å². The summed E-state index contributed by atoms with van der Waals surface area (Å²) < 4.78 is 23.5. The summed E-state index contributed by atoms with van der Waals surface area (Å²) in [5.74, 6) is -0.673. The quantitative estimate of drug-likeness (QED) is 0.845. The molecule has 0 radical (unpaired) electrons. The summed E-state index contributed by atoms with van der Waals surface area (Å²) in [6, 6.07) is 4.37. The minimum Gasteiger partial charge on any atom is -0.390 e. The van der Waals surface area contributed by atoms with Crippen molar-refractivity contribution in [3.05, 3.63) is 35.1 Å². The molecule has 2 rings (SSSR count). The van der Waals surface area contributed by atoms with Crippen molar-refractivity contribution in [1.29, 1.82) is 0 Å². The van der Waals surface area contributed by atoms with Crippen molar-refractivity contribution in [2.45, 2.75) is 25.6 Å². The van der Waals surface area contributed by atoms with E-state index in [1.807, 2.05) is 0 Å². The molecule has 6 heteroatoms. The van der Waals surface area contributed by atoms with E-state index in [-0.39, 0.29) is 30.2 Å². The van der Waals surface area contributed by atoms with Crippen LogP contribution < -0.4 is 5.32 Å². The normalized spacial score (nSPS) is 25.0. The topological polar surface area (TPSA) is 67.8 Å². The maximum atomic E-state index is 13.0. The van der Waals surface area contributed by atoms with Gasteiger partial charge in [0.25, 0.3) is 0 Å².